The van der Waals surface area contributed by atoms with E-state index in [2.05, 4.69) is 4.72 Å². The maximum absolute atomic E-state index is 13.7. The van der Waals surface area contributed by atoms with E-state index >= 15 is 0 Å². The van der Waals surface area contributed by atoms with Gasteiger partial charge in [0.2, 0.25) is 0 Å². The number of hydrogen-bond acceptors (Lipinski definition) is 3. The van der Waals surface area contributed by atoms with Crippen molar-refractivity contribution in [1.29, 1.82) is 0 Å². The lowest BCUT2D eigenvalue weighted by molar-refractivity contribution is 0.0583. The van der Waals surface area contributed by atoms with Gasteiger partial charge in [-0.3, -0.25) is 0 Å². The number of rotatable bonds is 6. The summed E-state index contributed by atoms with van der Waals surface area (Å²) in [5.41, 5.74) is -1.98. The molecule has 0 bridgehead atoms. The zero-order chi connectivity index (χ0) is 16.4. The van der Waals surface area contributed by atoms with Gasteiger partial charge in [-0.2, -0.15) is 17.4 Å². The molecule has 21 heavy (non-hydrogen) atoms. The van der Waals surface area contributed by atoms with Gasteiger partial charge < -0.3 is 5.11 Å². The number of hydrogen-bond donors (Lipinski definition) is 2. The molecule has 1 atom stereocenters. The van der Waals surface area contributed by atoms with Crippen molar-refractivity contribution in [3.05, 3.63) is 35.4 Å². The van der Waals surface area contributed by atoms with Crippen LogP contribution < -0.4 is 4.72 Å². The van der Waals surface area contributed by atoms with Crippen molar-refractivity contribution in [2.24, 2.45) is 0 Å². The minimum Gasteiger partial charge on any atom is -0.384 e. The average Bonchev–Trinajstić information content (AvgIpc) is 2.35. The van der Waals surface area contributed by atoms with Gasteiger partial charge >= 0.3 is 0 Å². The highest BCUT2D eigenvalue weighted by atomic mass is 32.2. The molecule has 0 saturated carbocycles. The molecule has 1 aromatic carbocycles. The first-order chi connectivity index (χ1) is 9.47. The fourth-order valence-corrected chi connectivity index (χ4v) is 2.85. The van der Waals surface area contributed by atoms with Crippen molar-refractivity contribution >= 4 is 10.2 Å². The van der Waals surface area contributed by atoms with Gasteiger partial charge in [0.25, 0.3) is 10.2 Å². The van der Waals surface area contributed by atoms with E-state index in [0.29, 0.717) is 6.07 Å². The van der Waals surface area contributed by atoms with Crippen LogP contribution in [0.3, 0.4) is 0 Å². The Morgan fingerprint density at radius 1 is 1.38 bits per heavy atom. The minimum atomic E-state index is -3.79. The van der Waals surface area contributed by atoms with Crippen LogP contribution in [0.15, 0.2) is 18.2 Å². The van der Waals surface area contributed by atoms with Gasteiger partial charge in [-0.15, -0.1) is 0 Å². The van der Waals surface area contributed by atoms with E-state index in [1.165, 1.54) is 14.0 Å². The van der Waals surface area contributed by atoms with E-state index in [9.17, 15) is 22.3 Å². The van der Waals surface area contributed by atoms with Gasteiger partial charge in [-0.25, -0.2) is 8.78 Å². The summed E-state index contributed by atoms with van der Waals surface area (Å²) in [4.78, 5) is 0. The van der Waals surface area contributed by atoms with E-state index in [4.69, 9.17) is 0 Å². The lowest BCUT2D eigenvalue weighted by Crippen LogP contribution is -2.46. The molecule has 0 heterocycles. The van der Waals surface area contributed by atoms with E-state index in [0.717, 1.165) is 16.4 Å². The molecule has 1 aromatic rings. The summed E-state index contributed by atoms with van der Waals surface area (Å²) in [6, 6.07) is 2.46. The molecule has 0 saturated heterocycles. The maximum atomic E-state index is 13.7. The van der Waals surface area contributed by atoms with Crippen molar-refractivity contribution < 1.29 is 22.3 Å². The van der Waals surface area contributed by atoms with Gasteiger partial charge in [-0.05, 0) is 26.8 Å². The molecule has 0 fully saturated rings. The quantitative estimate of drug-likeness (QED) is 0.830. The first kappa shape index (κ1) is 18.0. The molecule has 0 amide bonds. The SMILES string of the molecule is CC(C)N(C)S(=O)(=O)NCC(C)(O)c1ccc(F)cc1F. The monoisotopic (exact) mass is 322 g/mol. The number of halogens is 2. The first-order valence-electron chi connectivity index (χ1n) is 6.38. The lowest BCUT2D eigenvalue weighted by Gasteiger charge is -2.27. The highest BCUT2D eigenvalue weighted by molar-refractivity contribution is 7.87. The van der Waals surface area contributed by atoms with E-state index in [-0.39, 0.29) is 11.6 Å². The van der Waals surface area contributed by atoms with E-state index in [1.54, 1.807) is 13.8 Å². The molecule has 0 aliphatic rings. The first-order valence-corrected chi connectivity index (χ1v) is 7.82. The molecule has 0 aliphatic carbocycles. The molecule has 0 aliphatic heterocycles. The molecule has 5 nitrogen and oxygen atoms in total. The zero-order valence-electron chi connectivity index (χ0n) is 12.4. The van der Waals surface area contributed by atoms with Crippen LogP contribution in [0.1, 0.15) is 26.3 Å². The molecule has 8 heteroatoms. The van der Waals surface area contributed by atoms with Crippen molar-refractivity contribution in [3.63, 3.8) is 0 Å². The summed E-state index contributed by atoms with van der Waals surface area (Å²) in [5, 5.41) is 10.2. The molecule has 0 spiro atoms. The van der Waals surface area contributed by atoms with Crippen LogP contribution in [0.4, 0.5) is 8.78 Å². The van der Waals surface area contributed by atoms with E-state index in [1.807, 2.05) is 0 Å². The highest BCUT2D eigenvalue weighted by Crippen LogP contribution is 2.23. The van der Waals surface area contributed by atoms with Crippen LogP contribution in [0.2, 0.25) is 0 Å². The number of nitrogens with zero attached hydrogens (tertiary/aromatic N) is 1. The van der Waals surface area contributed by atoms with Crippen LogP contribution in [-0.2, 0) is 15.8 Å². The summed E-state index contributed by atoms with van der Waals surface area (Å²) < 4.78 is 53.7. The molecular weight excluding hydrogens is 302 g/mol. The average molecular weight is 322 g/mol. The van der Waals surface area contributed by atoms with Gasteiger partial charge in [0.1, 0.15) is 17.2 Å². The molecular formula is C13H20F2N2O3S. The Morgan fingerprint density at radius 3 is 2.43 bits per heavy atom. The summed E-state index contributed by atoms with van der Waals surface area (Å²) in [6.07, 6.45) is 0. The molecule has 120 valence electrons. The largest absolute Gasteiger partial charge is 0.384 e. The fraction of sp³-hybridized carbons (Fsp3) is 0.538. The highest BCUT2D eigenvalue weighted by Gasteiger charge is 2.30. The van der Waals surface area contributed by atoms with Crippen molar-refractivity contribution in [3.8, 4) is 0 Å². The Bertz CT molecular complexity index is 603. The Kier molecular flexibility index (Phi) is 5.43. The van der Waals surface area contributed by atoms with Gasteiger partial charge in [0, 0.05) is 31.3 Å². The van der Waals surface area contributed by atoms with E-state index < -0.39 is 34.0 Å². The summed E-state index contributed by atoms with van der Waals surface area (Å²) in [6.45, 7) is 4.20. The second kappa shape index (κ2) is 6.35. The maximum Gasteiger partial charge on any atom is 0.279 e. The normalized spacial score (nSPS) is 15.5. The lowest BCUT2D eigenvalue weighted by atomic mass is 9.96. The third kappa shape index (κ3) is 4.44. The molecule has 1 unspecified atom stereocenters. The molecule has 2 N–H and O–H groups in total. The second-order valence-electron chi connectivity index (χ2n) is 5.33. The summed E-state index contributed by atoms with van der Waals surface area (Å²) in [5.74, 6) is -1.71. The number of nitrogens with one attached hydrogen (secondary N) is 1. The number of aliphatic hydroxyl groups is 1. The van der Waals surface area contributed by atoms with Crippen LogP contribution in [0.5, 0.6) is 0 Å². The minimum absolute atomic E-state index is 0.182. The van der Waals surface area contributed by atoms with Crippen LogP contribution in [-0.4, -0.2) is 37.5 Å². The smallest absolute Gasteiger partial charge is 0.279 e. The van der Waals surface area contributed by atoms with Crippen LogP contribution in [0, 0.1) is 11.6 Å². The Labute approximate surface area is 123 Å². The summed E-state index contributed by atoms with van der Waals surface area (Å²) in [7, 11) is -2.41. The molecule has 0 radical (unpaired) electrons. The second-order valence-corrected chi connectivity index (χ2v) is 7.15. The Morgan fingerprint density at radius 2 is 1.95 bits per heavy atom. The van der Waals surface area contributed by atoms with Gasteiger partial charge in [0.15, 0.2) is 0 Å². The van der Waals surface area contributed by atoms with Crippen molar-refractivity contribution in [1.82, 2.24) is 9.03 Å². The Hall–Kier alpha value is -1.09. The third-order valence-electron chi connectivity index (χ3n) is 3.22. The van der Waals surface area contributed by atoms with Gasteiger partial charge in [0.05, 0.1) is 0 Å². The fourth-order valence-electron chi connectivity index (χ4n) is 1.63. The number of benzene rings is 1. The van der Waals surface area contributed by atoms with Gasteiger partial charge in [-0.1, -0.05) is 6.07 Å². The van der Waals surface area contributed by atoms with Crippen molar-refractivity contribution in [2.75, 3.05) is 13.6 Å². The Balaban J connectivity index is 2.91. The molecule has 1 rings (SSSR count). The summed E-state index contributed by atoms with van der Waals surface area (Å²) >= 11 is 0. The van der Waals surface area contributed by atoms with Crippen LogP contribution in [0.25, 0.3) is 0 Å². The standard InChI is InChI=1S/C13H20F2N2O3S/c1-9(2)17(4)21(19,20)16-8-13(3,18)11-6-5-10(14)7-12(11)15/h5-7,9,16,18H,8H2,1-4H3. The van der Waals surface area contributed by atoms with Crippen molar-refractivity contribution in [2.45, 2.75) is 32.4 Å². The van der Waals surface area contributed by atoms with Crippen LogP contribution >= 0.6 is 0 Å². The zero-order valence-corrected chi connectivity index (χ0v) is 13.2. The topological polar surface area (TPSA) is 69.6 Å². The predicted octanol–water partition coefficient (Wildman–Crippen LogP) is 1.35. The third-order valence-corrected chi connectivity index (χ3v) is 4.91. The predicted molar refractivity (Wildman–Crippen MR) is 75.8 cm³/mol. The molecule has 0 aromatic heterocycles.